The van der Waals surface area contributed by atoms with Crippen LogP contribution in [0.25, 0.3) is 0 Å². The number of amides is 1. The summed E-state index contributed by atoms with van der Waals surface area (Å²) in [5.41, 5.74) is 0.259. The Morgan fingerprint density at radius 2 is 1.84 bits per heavy atom. The average molecular weight is 264 g/mol. The zero-order valence-electron chi connectivity index (χ0n) is 9.98. The lowest BCUT2D eigenvalue weighted by Crippen LogP contribution is -2.12. The van der Waals surface area contributed by atoms with Gasteiger partial charge in [-0.05, 0) is 18.2 Å². The van der Waals surface area contributed by atoms with Gasteiger partial charge in [0.1, 0.15) is 17.4 Å². The van der Waals surface area contributed by atoms with Crippen LogP contribution in [-0.2, 0) is 0 Å². The topological polar surface area (TPSA) is 51.2 Å². The van der Waals surface area contributed by atoms with E-state index in [2.05, 4.69) is 10.3 Å². The van der Waals surface area contributed by atoms with Gasteiger partial charge in [-0.1, -0.05) is 0 Å². The lowest BCUT2D eigenvalue weighted by Gasteiger charge is -2.06. The third kappa shape index (κ3) is 3.25. The summed E-state index contributed by atoms with van der Waals surface area (Å²) >= 11 is 0. The molecule has 19 heavy (non-hydrogen) atoms. The molecule has 0 saturated carbocycles. The Morgan fingerprint density at radius 3 is 2.47 bits per heavy atom. The van der Waals surface area contributed by atoms with Crippen molar-refractivity contribution in [3.8, 4) is 5.75 Å². The molecule has 1 amide bonds. The predicted molar refractivity (Wildman–Crippen MR) is 65.1 cm³/mol. The van der Waals surface area contributed by atoms with Crippen LogP contribution in [0.15, 0.2) is 36.7 Å². The minimum absolute atomic E-state index is 0.0327. The molecule has 0 bridgehead atoms. The molecule has 0 atom stereocenters. The zero-order chi connectivity index (χ0) is 13.8. The van der Waals surface area contributed by atoms with Crippen molar-refractivity contribution in [3.63, 3.8) is 0 Å². The van der Waals surface area contributed by atoms with Crippen LogP contribution in [0.5, 0.6) is 5.75 Å². The van der Waals surface area contributed by atoms with Gasteiger partial charge in [0.2, 0.25) is 0 Å². The van der Waals surface area contributed by atoms with E-state index in [1.54, 1.807) is 0 Å². The highest BCUT2D eigenvalue weighted by atomic mass is 19.1. The van der Waals surface area contributed by atoms with Gasteiger partial charge in [-0.25, -0.2) is 8.78 Å². The van der Waals surface area contributed by atoms with Crippen LogP contribution in [-0.4, -0.2) is 18.0 Å². The minimum atomic E-state index is -0.765. The van der Waals surface area contributed by atoms with Gasteiger partial charge in [-0.15, -0.1) is 0 Å². The Bertz CT molecular complexity index is 597. The quantitative estimate of drug-likeness (QED) is 0.927. The number of benzene rings is 1. The molecule has 0 saturated heterocycles. The predicted octanol–water partition coefficient (Wildman–Crippen LogP) is 2.62. The zero-order valence-corrected chi connectivity index (χ0v) is 9.98. The summed E-state index contributed by atoms with van der Waals surface area (Å²) in [5, 5.41) is 2.38. The smallest absolute Gasteiger partial charge is 0.257 e. The number of nitrogens with zero attached hydrogens (tertiary/aromatic N) is 1. The van der Waals surface area contributed by atoms with Crippen LogP contribution in [0, 0.1) is 11.6 Å². The first-order valence-corrected chi connectivity index (χ1v) is 5.35. The summed E-state index contributed by atoms with van der Waals surface area (Å²) in [5.74, 6) is -1.65. The summed E-state index contributed by atoms with van der Waals surface area (Å²) in [6.07, 6.45) is 2.77. The summed E-state index contributed by atoms with van der Waals surface area (Å²) < 4.78 is 30.9. The molecular formula is C13H10F2N2O2. The second-order valence-electron chi connectivity index (χ2n) is 3.73. The molecule has 1 heterocycles. The summed E-state index contributed by atoms with van der Waals surface area (Å²) in [6, 6.07) is 4.24. The molecular weight excluding hydrogens is 254 g/mol. The van der Waals surface area contributed by atoms with Gasteiger partial charge < -0.3 is 10.1 Å². The van der Waals surface area contributed by atoms with Gasteiger partial charge in [0.05, 0.1) is 18.9 Å². The van der Waals surface area contributed by atoms with Gasteiger partial charge in [0, 0.05) is 18.0 Å². The molecule has 0 spiro atoms. The Morgan fingerprint density at radius 1 is 1.16 bits per heavy atom. The highest BCUT2D eigenvalue weighted by molar-refractivity contribution is 6.04. The van der Waals surface area contributed by atoms with Crippen molar-refractivity contribution in [1.29, 1.82) is 0 Å². The second-order valence-corrected chi connectivity index (χ2v) is 3.73. The van der Waals surface area contributed by atoms with Gasteiger partial charge in [0.25, 0.3) is 5.91 Å². The van der Waals surface area contributed by atoms with Crippen molar-refractivity contribution in [3.05, 3.63) is 53.9 Å². The summed E-state index contributed by atoms with van der Waals surface area (Å²) in [7, 11) is 1.45. The standard InChI is InChI=1S/C13H10F2N2O2/c1-19-12-2-8(6-16-7-12)13(18)17-11-4-9(14)3-10(15)5-11/h2-7H,1H3,(H,17,18). The number of rotatable bonds is 3. The lowest BCUT2D eigenvalue weighted by atomic mass is 10.2. The number of ether oxygens (including phenoxy) is 1. The van der Waals surface area contributed by atoms with Gasteiger partial charge in [-0.3, -0.25) is 9.78 Å². The van der Waals surface area contributed by atoms with Crippen LogP contribution in [0.3, 0.4) is 0 Å². The van der Waals surface area contributed by atoms with E-state index in [1.165, 1.54) is 25.6 Å². The Hall–Kier alpha value is -2.50. The molecule has 0 unspecified atom stereocenters. The van der Waals surface area contributed by atoms with Crippen molar-refractivity contribution in [1.82, 2.24) is 4.98 Å². The maximum atomic E-state index is 13.0. The van der Waals surface area contributed by atoms with E-state index in [0.717, 1.165) is 18.2 Å². The van der Waals surface area contributed by atoms with Crippen molar-refractivity contribution in [2.45, 2.75) is 0 Å². The average Bonchev–Trinajstić information content (AvgIpc) is 2.37. The SMILES string of the molecule is COc1cncc(C(=O)Nc2cc(F)cc(F)c2)c1. The van der Waals surface area contributed by atoms with Crippen molar-refractivity contribution in [2.24, 2.45) is 0 Å². The fraction of sp³-hybridized carbons (Fsp3) is 0.0769. The van der Waals surface area contributed by atoms with E-state index >= 15 is 0 Å². The molecule has 1 aromatic carbocycles. The van der Waals surface area contributed by atoms with E-state index in [4.69, 9.17) is 4.74 Å². The van der Waals surface area contributed by atoms with Crippen molar-refractivity contribution >= 4 is 11.6 Å². The normalized spacial score (nSPS) is 10.1. The number of hydrogen-bond acceptors (Lipinski definition) is 3. The molecule has 0 fully saturated rings. The second kappa shape index (κ2) is 5.43. The number of nitrogens with one attached hydrogen (secondary N) is 1. The molecule has 1 N–H and O–H groups in total. The van der Waals surface area contributed by atoms with Crippen LogP contribution in [0.2, 0.25) is 0 Å². The number of hydrogen-bond donors (Lipinski definition) is 1. The fourth-order valence-electron chi connectivity index (χ4n) is 1.48. The van der Waals surface area contributed by atoms with Crippen LogP contribution in [0.1, 0.15) is 10.4 Å². The molecule has 0 aliphatic heterocycles. The first-order chi connectivity index (χ1) is 9.08. The third-order valence-electron chi connectivity index (χ3n) is 2.33. The van der Waals surface area contributed by atoms with Crippen LogP contribution in [0.4, 0.5) is 14.5 Å². The molecule has 6 heteroatoms. The first-order valence-electron chi connectivity index (χ1n) is 5.35. The number of carbonyl (C=O) groups is 1. The molecule has 2 aromatic rings. The van der Waals surface area contributed by atoms with Gasteiger partial charge in [0.15, 0.2) is 0 Å². The van der Waals surface area contributed by atoms with E-state index in [9.17, 15) is 13.6 Å². The maximum absolute atomic E-state index is 13.0. The van der Waals surface area contributed by atoms with Gasteiger partial charge in [-0.2, -0.15) is 0 Å². The highest BCUT2D eigenvalue weighted by Gasteiger charge is 2.09. The lowest BCUT2D eigenvalue weighted by molar-refractivity contribution is 0.102. The number of methoxy groups -OCH3 is 1. The first kappa shape index (κ1) is 12.9. The molecule has 0 aliphatic carbocycles. The summed E-state index contributed by atoms with van der Waals surface area (Å²) in [6.45, 7) is 0. The molecule has 98 valence electrons. The Labute approximate surface area is 108 Å². The van der Waals surface area contributed by atoms with Crippen molar-refractivity contribution in [2.75, 3.05) is 12.4 Å². The fourth-order valence-corrected chi connectivity index (χ4v) is 1.48. The number of aromatic nitrogens is 1. The maximum Gasteiger partial charge on any atom is 0.257 e. The molecule has 1 aromatic heterocycles. The number of carbonyl (C=O) groups excluding carboxylic acids is 1. The number of halogens is 2. The Balaban J connectivity index is 2.20. The molecule has 2 rings (SSSR count). The van der Waals surface area contributed by atoms with E-state index in [0.29, 0.717) is 5.75 Å². The van der Waals surface area contributed by atoms with E-state index in [1.807, 2.05) is 0 Å². The van der Waals surface area contributed by atoms with E-state index in [-0.39, 0.29) is 11.3 Å². The molecule has 0 aliphatic rings. The van der Waals surface area contributed by atoms with Crippen molar-refractivity contribution < 1.29 is 18.3 Å². The summed E-state index contributed by atoms with van der Waals surface area (Å²) in [4.78, 5) is 15.7. The van der Waals surface area contributed by atoms with E-state index < -0.39 is 17.5 Å². The van der Waals surface area contributed by atoms with Crippen LogP contribution < -0.4 is 10.1 Å². The largest absolute Gasteiger partial charge is 0.495 e. The molecule has 0 radical (unpaired) electrons. The molecule has 4 nitrogen and oxygen atoms in total. The number of pyridine rings is 1. The van der Waals surface area contributed by atoms with Crippen LogP contribution >= 0.6 is 0 Å². The van der Waals surface area contributed by atoms with Gasteiger partial charge >= 0.3 is 0 Å². The highest BCUT2D eigenvalue weighted by Crippen LogP contribution is 2.15. The number of anilines is 1. The minimum Gasteiger partial charge on any atom is -0.495 e. The third-order valence-corrected chi connectivity index (χ3v) is 2.33. The monoisotopic (exact) mass is 264 g/mol. The Kier molecular flexibility index (Phi) is 3.70.